The Labute approximate surface area is 100 Å². The van der Waals surface area contributed by atoms with Crippen molar-refractivity contribution in [3.8, 4) is 0 Å². The number of aromatic nitrogens is 3. The molecule has 9 heteroatoms. The van der Waals surface area contributed by atoms with Crippen molar-refractivity contribution in [3.05, 3.63) is 33.5 Å². The largest absolute Gasteiger partial charge is 0.359 e. The number of aryl methyl sites for hydroxylation is 2. The maximum Gasteiger partial charge on any atom is 0.319 e. The van der Waals surface area contributed by atoms with Gasteiger partial charge in [0.05, 0.1) is 4.92 Å². The van der Waals surface area contributed by atoms with Crippen molar-refractivity contribution in [1.82, 2.24) is 15.4 Å². The van der Waals surface area contributed by atoms with E-state index in [-0.39, 0.29) is 11.4 Å². The van der Waals surface area contributed by atoms with Crippen LogP contribution in [0.3, 0.4) is 0 Å². The van der Waals surface area contributed by atoms with Gasteiger partial charge < -0.3 is 9.84 Å². The van der Waals surface area contributed by atoms with Gasteiger partial charge in [-0.2, -0.15) is 5.10 Å². The van der Waals surface area contributed by atoms with E-state index in [0.717, 1.165) is 6.20 Å². The van der Waals surface area contributed by atoms with E-state index >= 15 is 0 Å². The van der Waals surface area contributed by atoms with Gasteiger partial charge in [0, 0.05) is 0 Å². The molecule has 0 aliphatic heterocycles. The Kier molecular flexibility index (Phi) is 2.80. The van der Waals surface area contributed by atoms with Gasteiger partial charge in [-0.25, -0.2) is 0 Å². The average Bonchev–Trinajstić information content (AvgIpc) is 2.90. The number of carbonyl (C=O) groups is 1. The van der Waals surface area contributed by atoms with E-state index in [1.807, 2.05) is 0 Å². The highest BCUT2D eigenvalue weighted by Gasteiger charge is 2.24. The number of hydrogen-bond acceptors (Lipinski definition) is 6. The summed E-state index contributed by atoms with van der Waals surface area (Å²) in [5.41, 5.74) is 0.270. The highest BCUT2D eigenvalue weighted by atomic mass is 16.6. The van der Waals surface area contributed by atoms with Crippen molar-refractivity contribution in [2.75, 3.05) is 5.32 Å². The van der Waals surface area contributed by atoms with Crippen LogP contribution in [0.2, 0.25) is 0 Å². The first-order chi connectivity index (χ1) is 8.50. The lowest BCUT2D eigenvalue weighted by molar-refractivity contribution is -0.385. The minimum Gasteiger partial charge on any atom is -0.359 e. The van der Waals surface area contributed by atoms with Crippen molar-refractivity contribution in [3.63, 3.8) is 0 Å². The maximum atomic E-state index is 11.8. The zero-order valence-electron chi connectivity index (χ0n) is 9.55. The van der Waals surface area contributed by atoms with Crippen LogP contribution in [0.4, 0.5) is 11.4 Å². The predicted molar refractivity (Wildman–Crippen MR) is 59.2 cm³/mol. The molecule has 0 bridgehead atoms. The molecule has 0 fully saturated rings. The fraction of sp³-hybridized carbons (Fsp3) is 0.222. The van der Waals surface area contributed by atoms with Crippen LogP contribution in [0, 0.1) is 24.0 Å². The number of amides is 1. The molecule has 94 valence electrons. The smallest absolute Gasteiger partial charge is 0.319 e. The monoisotopic (exact) mass is 251 g/mol. The predicted octanol–water partition coefficient (Wildman–Crippen LogP) is 1.18. The van der Waals surface area contributed by atoms with E-state index in [9.17, 15) is 14.9 Å². The summed E-state index contributed by atoms with van der Waals surface area (Å²) in [5, 5.41) is 22.6. The SMILES string of the molecule is Cc1noc(C)c1NC(=O)c1[nH]ncc1[N+](=O)[O-]. The van der Waals surface area contributed by atoms with Crippen LogP contribution in [0.25, 0.3) is 0 Å². The Morgan fingerprint density at radius 2 is 2.28 bits per heavy atom. The minimum absolute atomic E-state index is 0.222. The number of H-pyrrole nitrogens is 1. The number of rotatable bonds is 3. The molecule has 0 spiro atoms. The lowest BCUT2D eigenvalue weighted by Crippen LogP contribution is -2.15. The number of aromatic amines is 1. The molecule has 0 aromatic carbocycles. The van der Waals surface area contributed by atoms with E-state index in [2.05, 4.69) is 20.7 Å². The van der Waals surface area contributed by atoms with Gasteiger partial charge in [-0.15, -0.1) is 0 Å². The van der Waals surface area contributed by atoms with Gasteiger partial charge in [0.2, 0.25) is 5.69 Å². The second-order valence-corrected chi connectivity index (χ2v) is 3.54. The molecule has 0 aliphatic rings. The lowest BCUT2D eigenvalue weighted by atomic mass is 10.3. The van der Waals surface area contributed by atoms with Crippen molar-refractivity contribution in [2.45, 2.75) is 13.8 Å². The first kappa shape index (κ1) is 11.8. The molecule has 18 heavy (non-hydrogen) atoms. The molecule has 1 amide bonds. The summed E-state index contributed by atoms with van der Waals surface area (Å²) in [6, 6.07) is 0. The third kappa shape index (κ3) is 1.93. The standard InChI is InChI=1S/C9H9N5O4/c1-4-7(5(2)18-13-4)11-9(15)8-6(14(16)17)3-10-12-8/h3H,1-2H3,(H,10,12)(H,11,15). The molecule has 2 rings (SSSR count). The van der Waals surface area contributed by atoms with Crippen molar-refractivity contribution >= 4 is 17.3 Å². The summed E-state index contributed by atoms with van der Waals surface area (Å²) in [4.78, 5) is 21.8. The first-order valence-corrected chi connectivity index (χ1v) is 4.92. The summed E-state index contributed by atoms with van der Waals surface area (Å²) in [6.07, 6.45) is 0.974. The molecule has 2 aromatic rings. The number of nitrogens with one attached hydrogen (secondary N) is 2. The zero-order chi connectivity index (χ0) is 13.3. The molecule has 2 N–H and O–H groups in total. The minimum atomic E-state index is -0.689. The molecule has 0 saturated heterocycles. The maximum absolute atomic E-state index is 11.8. The second-order valence-electron chi connectivity index (χ2n) is 3.54. The molecule has 9 nitrogen and oxygen atoms in total. The Morgan fingerprint density at radius 1 is 1.56 bits per heavy atom. The normalized spacial score (nSPS) is 10.3. The summed E-state index contributed by atoms with van der Waals surface area (Å²) in [6.45, 7) is 3.27. The molecule has 2 aromatic heterocycles. The number of anilines is 1. The number of nitrogens with zero attached hydrogens (tertiary/aromatic N) is 3. The molecule has 0 aliphatic carbocycles. The Balaban J connectivity index is 2.28. The van der Waals surface area contributed by atoms with E-state index in [1.54, 1.807) is 13.8 Å². The summed E-state index contributed by atoms with van der Waals surface area (Å²) in [7, 11) is 0. The van der Waals surface area contributed by atoms with Crippen molar-refractivity contribution < 1.29 is 14.2 Å². The molecular weight excluding hydrogens is 242 g/mol. The summed E-state index contributed by atoms with van der Waals surface area (Å²) >= 11 is 0. The average molecular weight is 251 g/mol. The highest BCUT2D eigenvalue weighted by molar-refractivity contribution is 6.05. The van der Waals surface area contributed by atoms with Crippen molar-refractivity contribution in [2.24, 2.45) is 0 Å². The highest BCUT2D eigenvalue weighted by Crippen LogP contribution is 2.21. The quantitative estimate of drug-likeness (QED) is 0.622. The number of nitro groups is 1. The van der Waals surface area contributed by atoms with Crippen LogP contribution < -0.4 is 5.32 Å². The van der Waals surface area contributed by atoms with E-state index in [4.69, 9.17) is 4.52 Å². The van der Waals surface area contributed by atoms with Crippen LogP contribution in [0.15, 0.2) is 10.7 Å². The first-order valence-electron chi connectivity index (χ1n) is 4.92. The van der Waals surface area contributed by atoms with Gasteiger partial charge >= 0.3 is 5.69 Å². The number of carbonyl (C=O) groups excluding carboxylic acids is 1. The molecule has 0 unspecified atom stereocenters. The second kappa shape index (κ2) is 4.28. The molecule has 0 saturated carbocycles. The molecular formula is C9H9N5O4. The van der Waals surface area contributed by atoms with Gasteiger partial charge in [-0.3, -0.25) is 20.0 Å². The topological polar surface area (TPSA) is 127 Å². The Morgan fingerprint density at radius 3 is 2.83 bits per heavy atom. The molecule has 0 radical (unpaired) electrons. The van der Waals surface area contributed by atoms with Crippen molar-refractivity contribution in [1.29, 1.82) is 0 Å². The summed E-state index contributed by atoms with van der Waals surface area (Å²) in [5.74, 6) is -0.253. The van der Waals surface area contributed by atoms with Crippen LogP contribution in [-0.4, -0.2) is 26.2 Å². The Hall–Kier alpha value is -2.71. The molecule has 2 heterocycles. The lowest BCUT2D eigenvalue weighted by Gasteiger charge is -2.01. The summed E-state index contributed by atoms with van der Waals surface area (Å²) < 4.78 is 4.87. The van der Waals surface area contributed by atoms with Gasteiger partial charge in [0.25, 0.3) is 5.91 Å². The van der Waals surface area contributed by atoms with E-state index in [1.165, 1.54) is 0 Å². The fourth-order valence-corrected chi connectivity index (χ4v) is 1.42. The van der Waals surface area contributed by atoms with Crippen LogP contribution in [0.1, 0.15) is 21.9 Å². The van der Waals surface area contributed by atoms with Crippen LogP contribution in [-0.2, 0) is 0 Å². The van der Waals surface area contributed by atoms with E-state index < -0.39 is 10.8 Å². The van der Waals surface area contributed by atoms with Gasteiger partial charge in [0.1, 0.15) is 17.6 Å². The van der Waals surface area contributed by atoms with Gasteiger partial charge in [-0.05, 0) is 13.8 Å². The fourth-order valence-electron chi connectivity index (χ4n) is 1.42. The van der Waals surface area contributed by atoms with Gasteiger partial charge in [0.15, 0.2) is 5.76 Å². The third-order valence-electron chi connectivity index (χ3n) is 2.31. The zero-order valence-corrected chi connectivity index (χ0v) is 9.55. The number of hydrogen-bond donors (Lipinski definition) is 2. The Bertz CT molecular complexity index is 595. The van der Waals surface area contributed by atoms with Gasteiger partial charge in [-0.1, -0.05) is 5.16 Å². The van der Waals surface area contributed by atoms with Crippen LogP contribution in [0.5, 0.6) is 0 Å². The molecule has 0 atom stereocenters. The van der Waals surface area contributed by atoms with Crippen LogP contribution >= 0.6 is 0 Å². The third-order valence-corrected chi connectivity index (χ3v) is 2.31. The van der Waals surface area contributed by atoms with E-state index in [0.29, 0.717) is 17.1 Å².